The van der Waals surface area contributed by atoms with Gasteiger partial charge in [0, 0.05) is 18.4 Å². The van der Waals surface area contributed by atoms with Gasteiger partial charge in [-0.1, -0.05) is 11.2 Å². The zero-order valence-corrected chi connectivity index (χ0v) is 16.4. The van der Waals surface area contributed by atoms with Gasteiger partial charge in [-0.25, -0.2) is 8.42 Å². The maximum atomic E-state index is 13.2. The highest BCUT2D eigenvalue weighted by molar-refractivity contribution is 7.89. The first-order valence-electron chi connectivity index (χ1n) is 8.75. The Kier molecular flexibility index (Phi) is 6.15. The average Bonchev–Trinajstić information content (AvgIpc) is 3.17. The van der Waals surface area contributed by atoms with Crippen LogP contribution in [0.15, 0.2) is 34.0 Å². The number of nitrogens with one attached hydrogen (secondary N) is 1. The molecule has 152 valence electrons. The molecule has 28 heavy (non-hydrogen) atoms. The molecule has 0 radical (unpaired) electrons. The summed E-state index contributed by atoms with van der Waals surface area (Å²) in [6.07, 6.45) is 2.87. The van der Waals surface area contributed by atoms with Crippen molar-refractivity contribution < 1.29 is 27.2 Å². The Bertz CT molecular complexity index is 916. The van der Waals surface area contributed by atoms with E-state index in [1.807, 2.05) is 0 Å². The molecule has 0 aliphatic carbocycles. The van der Waals surface area contributed by atoms with Gasteiger partial charge < -0.3 is 19.3 Å². The predicted molar refractivity (Wildman–Crippen MR) is 97.2 cm³/mol. The fraction of sp³-hybridized carbons (Fsp3) is 0.471. The summed E-state index contributed by atoms with van der Waals surface area (Å²) in [6.45, 7) is 0.471. The van der Waals surface area contributed by atoms with Crippen molar-refractivity contribution in [3.05, 3.63) is 30.0 Å². The lowest BCUT2D eigenvalue weighted by Crippen LogP contribution is -2.48. The molecular weight excluding hydrogens is 388 g/mol. The van der Waals surface area contributed by atoms with Gasteiger partial charge in [0.15, 0.2) is 17.8 Å². The van der Waals surface area contributed by atoms with Crippen molar-refractivity contribution in [3.63, 3.8) is 0 Å². The van der Waals surface area contributed by atoms with E-state index in [1.165, 1.54) is 14.2 Å². The molecule has 1 aliphatic heterocycles. The molecule has 1 aromatic heterocycles. The van der Waals surface area contributed by atoms with Crippen LogP contribution in [-0.2, 0) is 21.4 Å². The monoisotopic (exact) mass is 410 g/mol. The van der Waals surface area contributed by atoms with Crippen LogP contribution in [0.5, 0.6) is 11.5 Å². The van der Waals surface area contributed by atoms with E-state index in [-0.39, 0.29) is 17.5 Å². The number of amides is 1. The summed E-state index contributed by atoms with van der Waals surface area (Å²) in [5, 5.41) is 9.20. The van der Waals surface area contributed by atoms with E-state index in [2.05, 4.69) is 20.2 Å². The Morgan fingerprint density at radius 3 is 2.71 bits per heavy atom. The minimum absolute atomic E-state index is 0.0480. The summed E-state index contributed by atoms with van der Waals surface area (Å²) in [7, 11) is -1.10. The van der Waals surface area contributed by atoms with Crippen molar-refractivity contribution >= 4 is 15.9 Å². The lowest BCUT2D eigenvalue weighted by atomic mass is 10.1. The van der Waals surface area contributed by atoms with E-state index < -0.39 is 16.1 Å². The van der Waals surface area contributed by atoms with Gasteiger partial charge in [0.25, 0.3) is 10.0 Å². The van der Waals surface area contributed by atoms with Crippen LogP contribution in [0.25, 0.3) is 0 Å². The lowest BCUT2D eigenvalue weighted by molar-refractivity contribution is -0.124. The van der Waals surface area contributed by atoms with E-state index in [1.54, 1.807) is 18.2 Å². The highest BCUT2D eigenvalue weighted by Gasteiger charge is 2.38. The first kappa shape index (κ1) is 20.1. The first-order valence-corrected chi connectivity index (χ1v) is 10.2. The van der Waals surface area contributed by atoms with Crippen molar-refractivity contribution in [1.29, 1.82) is 0 Å². The summed E-state index contributed by atoms with van der Waals surface area (Å²) in [5.74, 6) is 0.650. The molecule has 0 bridgehead atoms. The fourth-order valence-corrected chi connectivity index (χ4v) is 4.50. The highest BCUT2D eigenvalue weighted by Crippen LogP contribution is 2.30. The van der Waals surface area contributed by atoms with Crippen molar-refractivity contribution in [2.75, 3.05) is 20.8 Å². The van der Waals surface area contributed by atoms with Crippen LogP contribution in [0, 0.1) is 0 Å². The van der Waals surface area contributed by atoms with E-state index in [0.717, 1.165) is 23.4 Å². The van der Waals surface area contributed by atoms with Gasteiger partial charge in [-0.15, -0.1) is 0 Å². The molecule has 1 saturated heterocycles. The number of rotatable bonds is 7. The summed E-state index contributed by atoms with van der Waals surface area (Å²) < 4.78 is 42.6. The standard InChI is InChI=1S/C17H22N4O6S/c1-25-14-7-6-12(9-15(14)26-2)10-21(13-5-3-4-8-18-17(13)22)28(23,24)16-11-27-20-19-16/h6-7,9,11,13H,3-5,8,10H2,1-2H3,(H,18,22). The smallest absolute Gasteiger partial charge is 0.266 e. The largest absolute Gasteiger partial charge is 0.493 e. The third-order valence-electron chi connectivity index (χ3n) is 4.55. The number of carbonyl (C=O) groups excluding carboxylic acids is 1. The predicted octanol–water partition coefficient (Wildman–Crippen LogP) is 0.946. The Morgan fingerprint density at radius 2 is 2.04 bits per heavy atom. The molecule has 1 aliphatic rings. The molecule has 11 heteroatoms. The number of carbonyl (C=O) groups is 1. The maximum absolute atomic E-state index is 13.2. The van der Waals surface area contributed by atoms with Crippen LogP contribution in [-0.4, -0.2) is 55.8 Å². The molecule has 1 aromatic carbocycles. The Morgan fingerprint density at radius 1 is 1.25 bits per heavy atom. The minimum Gasteiger partial charge on any atom is -0.493 e. The number of aromatic nitrogens is 2. The molecule has 1 fully saturated rings. The molecule has 2 heterocycles. The Balaban J connectivity index is 2.00. The minimum atomic E-state index is -4.11. The van der Waals surface area contributed by atoms with Crippen LogP contribution < -0.4 is 14.8 Å². The van der Waals surface area contributed by atoms with Crippen LogP contribution in [0.1, 0.15) is 24.8 Å². The molecule has 3 rings (SSSR count). The molecule has 1 atom stereocenters. The third-order valence-corrected chi connectivity index (χ3v) is 6.26. The SMILES string of the molecule is COc1ccc(CN(C2CCCCNC2=O)S(=O)(=O)c2conn2)cc1OC. The van der Waals surface area contributed by atoms with Gasteiger partial charge in [0.1, 0.15) is 6.04 Å². The summed E-state index contributed by atoms with van der Waals surface area (Å²) in [4.78, 5) is 12.6. The molecule has 0 spiro atoms. The van der Waals surface area contributed by atoms with Gasteiger partial charge in [0.2, 0.25) is 10.9 Å². The van der Waals surface area contributed by atoms with Gasteiger partial charge in [-0.05, 0) is 37.0 Å². The number of benzene rings is 1. The van der Waals surface area contributed by atoms with Gasteiger partial charge >= 0.3 is 0 Å². The van der Waals surface area contributed by atoms with E-state index in [4.69, 9.17) is 9.47 Å². The first-order chi connectivity index (χ1) is 13.5. The molecule has 1 N–H and O–H groups in total. The molecule has 2 aromatic rings. The van der Waals surface area contributed by atoms with Gasteiger partial charge in [0.05, 0.1) is 14.2 Å². The quantitative estimate of drug-likeness (QED) is 0.715. The second-order valence-corrected chi connectivity index (χ2v) is 8.12. The van der Waals surface area contributed by atoms with Crippen LogP contribution in [0.3, 0.4) is 0 Å². The number of ether oxygens (including phenoxy) is 2. The number of sulfonamides is 1. The second kappa shape index (κ2) is 8.57. The normalized spacial score (nSPS) is 17.8. The van der Waals surface area contributed by atoms with Crippen molar-refractivity contribution in [2.45, 2.75) is 36.9 Å². The molecule has 10 nitrogen and oxygen atoms in total. The lowest BCUT2D eigenvalue weighted by Gasteiger charge is -2.28. The van der Waals surface area contributed by atoms with Gasteiger partial charge in [-0.2, -0.15) is 4.31 Å². The van der Waals surface area contributed by atoms with Crippen LogP contribution in [0.4, 0.5) is 0 Å². The Labute approximate surface area is 162 Å². The summed E-state index contributed by atoms with van der Waals surface area (Å²) in [6, 6.07) is 4.22. The molecule has 1 amide bonds. The third kappa shape index (κ3) is 4.09. The van der Waals surface area contributed by atoms with Crippen LogP contribution in [0.2, 0.25) is 0 Å². The number of methoxy groups -OCH3 is 2. The maximum Gasteiger partial charge on any atom is 0.266 e. The highest BCUT2D eigenvalue weighted by atomic mass is 32.2. The second-order valence-electron chi connectivity index (χ2n) is 6.29. The number of nitrogens with zero attached hydrogens (tertiary/aromatic N) is 3. The average molecular weight is 410 g/mol. The topological polar surface area (TPSA) is 124 Å². The summed E-state index contributed by atoms with van der Waals surface area (Å²) >= 11 is 0. The van der Waals surface area contributed by atoms with Gasteiger partial charge in [-0.3, -0.25) is 4.79 Å². The Hall–Kier alpha value is -2.66. The van der Waals surface area contributed by atoms with E-state index in [9.17, 15) is 13.2 Å². The van der Waals surface area contributed by atoms with E-state index >= 15 is 0 Å². The van der Waals surface area contributed by atoms with Crippen LogP contribution >= 0.6 is 0 Å². The zero-order chi connectivity index (χ0) is 20.1. The molecule has 0 saturated carbocycles. The zero-order valence-electron chi connectivity index (χ0n) is 15.6. The fourth-order valence-electron chi connectivity index (χ4n) is 3.11. The van der Waals surface area contributed by atoms with Crippen molar-refractivity contribution in [3.8, 4) is 11.5 Å². The van der Waals surface area contributed by atoms with E-state index in [0.29, 0.717) is 30.0 Å². The van der Waals surface area contributed by atoms with Crippen molar-refractivity contribution in [1.82, 2.24) is 20.0 Å². The molecular formula is C17H22N4O6S. The molecule has 1 unspecified atom stereocenters. The number of hydrogen-bond donors (Lipinski definition) is 1. The summed E-state index contributed by atoms with van der Waals surface area (Å²) in [5.41, 5.74) is 0.634. The number of hydrogen-bond acceptors (Lipinski definition) is 8. The van der Waals surface area contributed by atoms with Crippen molar-refractivity contribution in [2.24, 2.45) is 0 Å².